The first-order valence-electron chi connectivity index (χ1n) is 7.85. The lowest BCUT2D eigenvalue weighted by Gasteiger charge is -2.45. The van der Waals surface area contributed by atoms with Gasteiger partial charge in [-0.1, -0.05) is 39.3 Å². The maximum Gasteiger partial charge on any atom is 0.191 e. The zero-order valence-corrected chi connectivity index (χ0v) is 17.0. The number of hydrogen-bond donors (Lipinski definition) is 2. The predicted octanol–water partition coefficient (Wildman–Crippen LogP) is 3.61. The molecule has 1 rings (SSSR count). The van der Waals surface area contributed by atoms with Crippen LogP contribution in [0.3, 0.4) is 0 Å². The molecule has 2 unspecified atom stereocenters. The molecule has 22 heavy (non-hydrogen) atoms. The van der Waals surface area contributed by atoms with Crippen molar-refractivity contribution in [2.45, 2.75) is 71.3 Å². The van der Waals surface area contributed by atoms with Crippen molar-refractivity contribution in [3.8, 4) is 0 Å². The fourth-order valence-corrected chi connectivity index (χ4v) is 3.83. The van der Waals surface area contributed by atoms with E-state index in [1.807, 2.05) is 13.8 Å². The van der Waals surface area contributed by atoms with Crippen molar-refractivity contribution in [3.05, 3.63) is 11.3 Å². The van der Waals surface area contributed by atoms with Gasteiger partial charge in [-0.25, -0.2) is 4.99 Å². The second-order valence-electron chi connectivity index (χ2n) is 8.03. The molecular formula is C16H32ClN3OSi. The number of nitrogens with zero attached hydrogens (tertiary/aromatic N) is 1. The van der Waals surface area contributed by atoms with Crippen molar-refractivity contribution in [1.82, 2.24) is 0 Å². The Morgan fingerprint density at radius 1 is 1.36 bits per heavy atom. The molecule has 1 heterocycles. The third-order valence-electron chi connectivity index (χ3n) is 5.55. The van der Waals surface area contributed by atoms with Crippen molar-refractivity contribution < 1.29 is 4.43 Å². The van der Waals surface area contributed by atoms with E-state index in [-0.39, 0.29) is 11.0 Å². The van der Waals surface area contributed by atoms with Crippen molar-refractivity contribution in [2.24, 2.45) is 22.4 Å². The summed E-state index contributed by atoms with van der Waals surface area (Å²) in [7, 11) is -1.82. The summed E-state index contributed by atoms with van der Waals surface area (Å²) in [5.74, 6) is 0.0517. The Labute approximate surface area is 141 Å². The summed E-state index contributed by atoms with van der Waals surface area (Å²) in [5.41, 5.74) is 14.1. The van der Waals surface area contributed by atoms with E-state index >= 15 is 0 Å². The van der Waals surface area contributed by atoms with Gasteiger partial charge in [0.15, 0.2) is 8.32 Å². The van der Waals surface area contributed by atoms with Gasteiger partial charge >= 0.3 is 0 Å². The molecule has 0 spiro atoms. The zero-order chi connectivity index (χ0) is 17.5. The number of halogens is 1. The van der Waals surface area contributed by atoms with Gasteiger partial charge in [-0.15, -0.1) is 0 Å². The monoisotopic (exact) mass is 345 g/mol. The van der Waals surface area contributed by atoms with Crippen LogP contribution < -0.4 is 11.5 Å². The Balaban J connectivity index is 2.98. The number of allylic oxidation sites excluding steroid dienone is 1. The van der Waals surface area contributed by atoms with Crippen LogP contribution in [0.1, 0.15) is 41.5 Å². The molecule has 0 amide bonds. The maximum absolute atomic E-state index is 6.70. The van der Waals surface area contributed by atoms with Gasteiger partial charge in [0.25, 0.3) is 0 Å². The predicted molar refractivity (Wildman–Crippen MR) is 98.9 cm³/mol. The molecule has 0 aromatic heterocycles. The Morgan fingerprint density at radius 3 is 2.32 bits per heavy atom. The summed E-state index contributed by atoms with van der Waals surface area (Å²) >= 11 is 6.20. The van der Waals surface area contributed by atoms with E-state index in [1.54, 1.807) is 0 Å². The van der Waals surface area contributed by atoms with E-state index in [0.29, 0.717) is 11.8 Å². The fraction of sp³-hybridized carbons (Fsp3) is 0.812. The highest BCUT2D eigenvalue weighted by Crippen LogP contribution is 2.39. The summed E-state index contributed by atoms with van der Waals surface area (Å²) in [6, 6.07) is -0.490. The molecule has 128 valence electrons. The van der Waals surface area contributed by atoms with E-state index in [1.165, 1.54) is 0 Å². The van der Waals surface area contributed by atoms with Gasteiger partial charge in [-0.2, -0.15) is 0 Å². The summed E-state index contributed by atoms with van der Waals surface area (Å²) in [4.78, 5) is 4.30. The van der Waals surface area contributed by atoms with Crippen molar-refractivity contribution in [1.29, 1.82) is 0 Å². The highest BCUT2D eigenvalue weighted by Gasteiger charge is 2.46. The smallest absolute Gasteiger partial charge is 0.191 e. The lowest BCUT2D eigenvalue weighted by molar-refractivity contribution is 0.180. The molecule has 4 N–H and O–H groups in total. The van der Waals surface area contributed by atoms with Crippen LogP contribution in [-0.4, -0.2) is 31.7 Å². The third kappa shape index (κ3) is 3.49. The van der Waals surface area contributed by atoms with Gasteiger partial charge in [0.05, 0.1) is 11.6 Å². The van der Waals surface area contributed by atoms with Gasteiger partial charge in [-0.3, -0.25) is 0 Å². The zero-order valence-electron chi connectivity index (χ0n) is 15.2. The topological polar surface area (TPSA) is 73.6 Å². The van der Waals surface area contributed by atoms with Gasteiger partial charge in [-0.05, 0) is 37.6 Å². The number of hydrogen-bond acceptors (Lipinski definition) is 4. The highest BCUT2D eigenvalue weighted by atomic mass is 35.5. The van der Waals surface area contributed by atoms with Gasteiger partial charge in [0.1, 0.15) is 5.17 Å². The second kappa shape index (κ2) is 6.36. The molecule has 0 fully saturated rings. The number of nitrogens with two attached hydrogens (primary N) is 2. The van der Waals surface area contributed by atoms with E-state index < -0.39 is 19.9 Å². The average molecular weight is 346 g/mol. The minimum atomic E-state index is -1.82. The van der Waals surface area contributed by atoms with Crippen LogP contribution in [0.4, 0.5) is 0 Å². The third-order valence-corrected chi connectivity index (χ3v) is 10.4. The normalized spacial score (nSPS) is 28.7. The Kier molecular flexibility index (Phi) is 5.74. The van der Waals surface area contributed by atoms with Crippen LogP contribution >= 0.6 is 11.6 Å². The molecule has 4 nitrogen and oxygen atoms in total. The lowest BCUT2D eigenvalue weighted by Crippen LogP contribution is -2.65. The molecule has 1 aliphatic rings. The standard InChI is InChI=1S/C16H32ClN3OSi/c1-10(9-21-22(7,8)15(4,5)6)16(19)11(2)12(3)20-14(17)13(16)18/h10,13H,9,18-19H2,1-8H3/t10-,13?,16?/m1/s1. The van der Waals surface area contributed by atoms with Gasteiger partial charge in [0.2, 0.25) is 0 Å². The van der Waals surface area contributed by atoms with Crippen LogP contribution in [-0.2, 0) is 4.43 Å². The minimum absolute atomic E-state index is 0.0517. The van der Waals surface area contributed by atoms with Gasteiger partial charge < -0.3 is 15.9 Å². The van der Waals surface area contributed by atoms with Crippen molar-refractivity contribution in [2.75, 3.05) is 6.61 Å². The van der Waals surface area contributed by atoms with Crippen LogP contribution in [0.2, 0.25) is 18.1 Å². The first-order chi connectivity index (χ1) is 9.75. The van der Waals surface area contributed by atoms with E-state index in [4.69, 9.17) is 27.5 Å². The summed E-state index contributed by atoms with van der Waals surface area (Å²) in [6.45, 7) is 17.7. The molecular weight excluding hydrogens is 314 g/mol. The van der Waals surface area contributed by atoms with Crippen molar-refractivity contribution in [3.63, 3.8) is 0 Å². The number of rotatable bonds is 4. The van der Waals surface area contributed by atoms with Crippen LogP contribution in [0.25, 0.3) is 0 Å². The second-order valence-corrected chi connectivity index (χ2v) is 13.2. The molecule has 0 aliphatic carbocycles. The fourth-order valence-electron chi connectivity index (χ4n) is 2.42. The molecule has 0 saturated carbocycles. The quantitative estimate of drug-likeness (QED) is 0.764. The van der Waals surface area contributed by atoms with E-state index in [2.05, 4.69) is 45.8 Å². The van der Waals surface area contributed by atoms with E-state index in [0.717, 1.165) is 11.3 Å². The molecule has 0 bridgehead atoms. The number of aliphatic imine (C=N–C) groups is 1. The lowest BCUT2D eigenvalue weighted by atomic mass is 9.73. The van der Waals surface area contributed by atoms with Crippen LogP contribution in [0.5, 0.6) is 0 Å². The SMILES string of the molecule is CC1=C(C)C(N)([C@H](C)CO[Si](C)(C)C(C)(C)C)C(N)C(Cl)=N1. The Hall–Kier alpha value is -0.203. The summed E-state index contributed by atoms with van der Waals surface area (Å²) < 4.78 is 6.34. The summed E-state index contributed by atoms with van der Waals surface area (Å²) in [5, 5.41) is 0.549. The molecule has 1 aliphatic heterocycles. The first-order valence-corrected chi connectivity index (χ1v) is 11.1. The molecule has 0 aromatic carbocycles. The van der Waals surface area contributed by atoms with Crippen LogP contribution in [0.15, 0.2) is 16.3 Å². The molecule has 0 aromatic rings. The molecule has 0 radical (unpaired) electrons. The highest BCUT2D eigenvalue weighted by molar-refractivity contribution is 6.74. The molecule has 6 heteroatoms. The summed E-state index contributed by atoms with van der Waals surface area (Å²) in [6.07, 6.45) is 0. The van der Waals surface area contributed by atoms with Crippen LogP contribution in [0, 0.1) is 5.92 Å². The van der Waals surface area contributed by atoms with Crippen molar-refractivity contribution >= 4 is 25.1 Å². The molecule has 3 atom stereocenters. The molecule has 0 saturated heterocycles. The largest absolute Gasteiger partial charge is 0.416 e. The Bertz CT molecular complexity index is 496. The minimum Gasteiger partial charge on any atom is -0.416 e. The first kappa shape index (κ1) is 19.8. The average Bonchev–Trinajstić information content (AvgIpc) is 2.39. The maximum atomic E-state index is 6.70. The van der Waals surface area contributed by atoms with Gasteiger partial charge in [0, 0.05) is 18.2 Å². The Morgan fingerprint density at radius 2 is 1.86 bits per heavy atom. The van der Waals surface area contributed by atoms with E-state index in [9.17, 15) is 0 Å².